The van der Waals surface area contributed by atoms with Crippen molar-refractivity contribution < 1.29 is 4.24 Å². The van der Waals surface area contributed by atoms with Crippen molar-refractivity contribution in [2.45, 2.75) is 32.7 Å². The van der Waals surface area contributed by atoms with Gasteiger partial charge < -0.3 is 8.81 Å². The second kappa shape index (κ2) is 3.12. The molecule has 0 radical (unpaired) electrons. The Morgan fingerprint density at radius 3 is 2.57 bits per heavy atom. The van der Waals surface area contributed by atoms with Crippen LogP contribution in [-0.4, -0.2) is 48.9 Å². The van der Waals surface area contributed by atoms with Crippen molar-refractivity contribution in [1.82, 2.24) is 4.57 Å². The SMILES string of the molecule is C[Si](C)(C)N1CC[N+]2=C1SC[Si]2(C)C. The van der Waals surface area contributed by atoms with Crippen LogP contribution in [0.4, 0.5) is 0 Å². The number of hydrogen-bond acceptors (Lipinski definition) is 2. The molecule has 0 N–H and O–H groups in total. The number of hydrogen-bond donors (Lipinski definition) is 0. The highest BCUT2D eigenvalue weighted by Crippen LogP contribution is 2.31. The molecule has 2 aliphatic rings. The molecule has 0 saturated carbocycles. The summed E-state index contributed by atoms with van der Waals surface area (Å²) >= 11 is 2.12. The van der Waals surface area contributed by atoms with E-state index in [0.717, 1.165) is 0 Å². The quantitative estimate of drug-likeness (QED) is 0.652. The first-order valence-electron chi connectivity index (χ1n) is 5.37. The average Bonchev–Trinajstić information content (AvgIpc) is 2.51. The van der Waals surface area contributed by atoms with Gasteiger partial charge in [-0.05, 0) is 44.5 Å². The van der Waals surface area contributed by atoms with Gasteiger partial charge in [-0.25, -0.2) is 0 Å². The Labute approximate surface area is 93.6 Å². The molecule has 0 aliphatic carbocycles. The highest BCUT2D eigenvalue weighted by Gasteiger charge is 2.50. The number of nitrogens with zero attached hydrogens (tertiary/aromatic N) is 2. The average molecular weight is 246 g/mol. The highest BCUT2D eigenvalue weighted by molar-refractivity contribution is 8.15. The summed E-state index contributed by atoms with van der Waals surface area (Å²) in [5.41, 5.74) is 0. The molecule has 2 heterocycles. The molecular formula is C9H21N2SSi2+. The normalized spacial score (nSPS) is 25.9. The summed E-state index contributed by atoms with van der Waals surface area (Å²) in [4.78, 5) is 0. The van der Waals surface area contributed by atoms with E-state index in [4.69, 9.17) is 0 Å². The predicted molar refractivity (Wildman–Crippen MR) is 70.1 cm³/mol. The summed E-state index contributed by atoms with van der Waals surface area (Å²) in [5.74, 6) is 0. The topological polar surface area (TPSA) is 6.25 Å². The van der Waals surface area contributed by atoms with Gasteiger partial charge in [0.05, 0.1) is 0 Å². The van der Waals surface area contributed by atoms with Crippen molar-refractivity contribution in [1.29, 1.82) is 0 Å². The lowest BCUT2D eigenvalue weighted by Crippen LogP contribution is -2.47. The largest absolute Gasteiger partial charge is 0.303 e. The van der Waals surface area contributed by atoms with Crippen LogP contribution in [-0.2, 0) is 0 Å². The van der Waals surface area contributed by atoms with E-state index >= 15 is 0 Å². The maximum Gasteiger partial charge on any atom is 0.279 e. The Bertz CT molecular complexity index is 294. The van der Waals surface area contributed by atoms with E-state index in [1.165, 1.54) is 18.5 Å². The molecule has 0 fully saturated rings. The highest BCUT2D eigenvalue weighted by atomic mass is 32.2. The van der Waals surface area contributed by atoms with Gasteiger partial charge in [0.2, 0.25) is 0 Å². The summed E-state index contributed by atoms with van der Waals surface area (Å²) in [6.07, 6.45) is 0. The van der Waals surface area contributed by atoms with E-state index in [9.17, 15) is 0 Å². The lowest BCUT2D eigenvalue weighted by atomic mass is 10.7. The standard InChI is InChI=1S/C9H21N2SSi2/c1-13(2,3)10-6-7-11-9(10)12-8-14(11,4)5/h6-8H2,1-5H3/q+1. The molecule has 0 saturated heterocycles. The first-order valence-corrected chi connectivity index (χ1v) is 13.0. The first-order chi connectivity index (χ1) is 6.32. The maximum atomic E-state index is 2.75. The van der Waals surface area contributed by atoms with Crippen LogP contribution in [0.5, 0.6) is 0 Å². The van der Waals surface area contributed by atoms with Gasteiger partial charge in [0.15, 0.2) is 0 Å². The van der Waals surface area contributed by atoms with Gasteiger partial charge in [0, 0.05) is 5.38 Å². The second-order valence-electron chi connectivity index (χ2n) is 5.86. The Kier molecular flexibility index (Phi) is 2.40. The zero-order valence-electron chi connectivity index (χ0n) is 9.92. The molecular weight excluding hydrogens is 224 g/mol. The Morgan fingerprint density at radius 2 is 2.00 bits per heavy atom. The molecule has 0 spiro atoms. The lowest BCUT2D eigenvalue weighted by Gasteiger charge is -2.24. The van der Waals surface area contributed by atoms with E-state index in [2.05, 4.69) is 53.3 Å². The Hall–Kier alpha value is 0.254. The molecule has 80 valence electrons. The Morgan fingerprint density at radius 1 is 1.36 bits per heavy atom. The van der Waals surface area contributed by atoms with Crippen molar-refractivity contribution in [2.24, 2.45) is 0 Å². The summed E-state index contributed by atoms with van der Waals surface area (Å²) in [6.45, 7) is 15.0. The lowest BCUT2D eigenvalue weighted by molar-refractivity contribution is -0.381. The number of thioether (sulfide) groups is 1. The summed E-state index contributed by atoms with van der Waals surface area (Å²) in [7, 11) is -2.17. The minimum atomic E-state index is -1.12. The van der Waals surface area contributed by atoms with E-state index < -0.39 is 16.5 Å². The molecule has 2 aliphatic heterocycles. The molecule has 0 aromatic carbocycles. The predicted octanol–water partition coefficient (Wildman–Crippen LogP) is 2.00. The van der Waals surface area contributed by atoms with Gasteiger partial charge in [0.1, 0.15) is 13.1 Å². The molecule has 2 rings (SSSR count). The first kappa shape index (κ1) is 10.8. The maximum absolute atomic E-state index is 2.75. The molecule has 0 atom stereocenters. The van der Waals surface area contributed by atoms with Crippen molar-refractivity contribution in [2.75, 3.05) is 18.5 Å². The van der Waals surface area contributed by atoms with Gasteiger partial charge in [-0.3, -0.25) is 0 Å². The second-order valence-corrected chi connectivity index (χ2v) is 16.7. The molecule has 5 heteroatoms. The third-order valence-electron chi connectivity index (χ3n) is 3.10. The molecule has 0 aromatic heterocycles. The molecule has 0 amide bonds. The van der Waals surface area contributed by atoms with Gasteiger partial charge >= 0.3 is 0 Å². The van der Waals surface area contributed by atoms with Crippen LogP contribution in [0.3, 0.4) is 0 Å². The van der Waals surface area contributed by atoms with Crippen molar-refractivity contribution in [3.8, 4) is 0 Å². The fourth-order valence-corrected chi connectivity index (χ4v) is 10.1. The van der Waals surface area contributed by atoms with E-state index in [-0.39, 0.29) is 0 Å². The molecule has 14 heavy (non-hydrogen) atoms. The summed E-state index contributed by atoms with van der Waals surface area (Å²) < 4.78 is 5.47. The molecule has 0 bridgehead atoms. The van der Waals surface area contributed by atoms with E-state index in [0.29, 0.717) is 0 Å². The van der Waals surface area contributed by atoms with Crippen LogP contribution in [0.1, 0.15) is 0 Å². The summed E-state index contributed by atoms with van der Waals surface area (Å²) in [5, 5.41) is 3.02. The van der Waals surface area contributed by atoms with Crippen LogP contribution in [0.2, 0.25) is 32.7 Å². The Balaban J connectivity index is 2.30. The zero-order chi connectivity index (χ0) is 10.6. The smallest absolute Gasteiger partial charge is 0.279 e. The fourth-order valence-electron chi connectivity index (χ4n) is 2.20. The number of rotatable bonds is 1. The summed E-state index contributed by atoms with van der Waals surface area (Å²) in [6, 6.07) is 0. The van der Waals surface area contributed by atoms with Crippen molar-refractivity contribution >= 4 is 33.4 Å². The van der Waals surface area contributed by atoms with Crippen LogP contribution in [0.15, 0.2) is 0 Å². The minimum absolute atomic E-state index is 1.05. The third kappa shape index (κ3) is 1.59. The molecule has 0 unspecified atom stereocenters. The zero-order valence-corrected chi connectivity index (χ0v) is 12.7. The van der Waals surface area contributed by atoms with Crippen LogP contribution in [0, 0.1) is 0 Å². The monoisotopic (exact) mass is 245 g/mol. The molecule has 0 aromatic rings. The van der Waals surface area contributed by atoms with Gasteiger partial charge in [-0.1, -0.05) is 0 Å². The van der Waals surface area contributed by atoms with Crippen LogP contribution in [0.25, 0.3) is 0 Å². The van der Waals surface area contributed by atoms with E-state index in [1.54, 1.807) is 5.17 Å². The van der Waals surface area contributed by atoms with Crippen LogP contribution >= 0.6 is 11.8 Å². The van der Waals surface area contributed by atoms with Crippen molar-refractivity contribution in [3.05, 3.63) is 0 Å². The van der Waals surface area contributed by atoms with Gasteiger partial charge in [-0.2, -0.15) is 0 Å². The molecule has 2 nitrogen and oxygen atoms in total. The third-order valence-corrected chi connectivity index (χ3v) is 11.5. The minimum Gasteiger partial charge on any atom is -0.303 e. The van der Waals surface area contributed by atoms with Crippen LogP contribution < -0.4 is 0 Å². The van der Waals surface area contributed by atoms with E-state index in [1.807, 2.05) is 0 Å². The fraction of sp³-hybridized carbons (Fsp3) is 0.889. The van der Waals surface area contributed by atoms with Gasteiger partial charge in [-0.15, -0.1) is 0 Å². The van der Waals surface area contributed by atoms with Crippen molar-refractivity contribution in [3.63, 3.8) is 0 Å². The van der Waals surface area contributed by atoms with Gasteiger partial charge in [0.25, 0.3) is 21.6 Å². The number of amidine groups is 1.